The molecule has 1 radical (unpaired) electrons. The maximum absolute atomic E-state index is 7.67. The summed E-state index contributed by atoms with van der Waals surface area (Å²) in [4.78, 5) is 8.46. The summed E-state index contributed by atoms with van der Waals surface area (Å²) in [5.74, 6) is 0. The first kappa shape index (κ1) is 19.2. The van der Waals surface area contributed by atoms with Crippen molar-refractivity contribution in [3.8, 4) is 11.3 Å². The summed E-state index contributed by atoms with van der Waals surface area (Å²) in [6, 6.07) is 30.0. The number of allylic oxidation sites excluding steroid dienone is 1. The summed E-state index contributed by atoms with van der Waals surface area (Å²) in [5, 5.41) is 2.18. The van der Waals surface area contributed by atoms with Gasteiger partial charge in [-0.3, -0.25) is 0 Å². The third kappa shape index (κ3) is 6.03. The van der Waals surface area contributed by atoms with Crippen LogP contribution < -0.4 is 0 Å². The molecule has 2 heterocycles. The van der Waals surface area contributed by atoms with Gasteiger partial charge >= 0.3 is 0 Å². The third-order valence-electron chi connectivity index (χ3n) is 4.83. The Hall–Kier alpha value is -3.17. The van der Waals surface area contributed by atoms with E-state index in [-0.39, 0.29) is 25.7 Å². The largest absolute Gasteiger partial charge is 0.305 e. The molecule has 5 aromatic rings. The van der Waals surface area contributed by atoms with Crippen LogP contribution in [0.1, 0.15) is 24.8 Å². The van der Waals surface area contributed by atoms with E-state index >= 15 is 0 Å². The van der Waals surface area contributed by atoms with E-state index in [4.69, 9.17) is 6.85 Å². The first-order valence-corrected chi connectivity index (χ1v) is 11.1. The fourth-order valence-corrected chi connectivity index (χ4v) is 4.47. The van der Waals surface area contributed by atoms with Gasteiger partial charge in [-0.1, -0.05) is 42.3 Å². The standard InChI is InChI=1S/C18H14NS.C12H10N.Ir/c1-12(2)11-19-13(3)14-8-6-9-16-15-7-4-5-10-17(15)20-18(14)16;1-10-7-8-12(13-9-10)11-5-3-2-4-6-11;/h4-7,9-11H,1,3H2,2H3;2-5,7-9H,1H3;/q2*-1;/i1D,2D3,3D;;. The van der Waals surface area contributed by atoms with Gasteiger partial charge in [0.25, 0.3) is 0 Å². The molecule has 0 saturated carbocycles. The van der Waals surface area contributed by atoms with Crippen molar-refractivity contribution in [2.45, 2.75) is 13.8 Å². The van der Waals surface area contributed by atoms with Gasteiger partial charge in [-0.05, 0) is 52.5 Å². The Balaban J connectivity index is 0.000000253. The molecule has 2 aromatic heterocycles. The molecule has 0 atom stereocenters. The summed E-state index contributed by atoms with van der Waals surface area (Å²) < 4.78 is 39.1. The van der Waals surface area contributed by atoms with Gasteiger partial charge in [0, 0.05) is 42.7 Å². The Kier molecular flexibility index (Phi) is 6.65. The van der Waals surface area contributed by atoms with Crippen LogP contribution in [0, 0.1) is 19.1 Å². The van der Waals surface area contributed by atoms with Gasteiger partial charge in [0.1, 0.15) is 0 Å². The average Bonchev–Trinajstić information content (AvgIpc) is 3.31. The fourth-order valence-electron chi connectivity index (χ4n) is 3.26. The molecule has 0 bridgehead atoms. The van der Waals surface area contributed by atoms with Crippen LogP contribution in [0.5, 0.6) is 0 Å². The Bertz CT molecular complexity index is 1620. The van der Waals surface area contributed by atoms with Crippen molar-refractivity contribution in [2.24, 2.45) is 4.99 Å². The van der Waals surface area contributed by atoms with Crippen LogP contribution in [0.2, 0.25) is 0 Å². The molecule has 0 saturated heterocycles. The molecule has 0 amide bonds. The van der Waals surface area contributed by atoms with Crippen LogP contribution >= 0.6 is 11.3 Å². The number of pyridine rings is 1. The normalized spacial score (nSPS) is 14.3. The second-order valence-corrected chi connectivity index (χ2v) is 8.34. The number of benzene rings is 3. The Labute approximate surface area is 225 Å². The van der Waals surface area contributed by atoms with E-state index in [1.807, 2.05) is 73.8 Å². The van der Waals surface area contributed by atoms with Crippen molar-refractivity contribution in [1.29, 1.82) is 0 Å². The smallest absolute Gasteiger partial charge is 0.0541 e. The molecule has 0 fully saturated rings. The molecule has 3 aromatic carbocycles. The predicted molar refractivity (Wildman–Crippen MR) is 144 cm³/mol. The van der Waals surface area contributed by atoms with E-state index in [1.165, 1.54) is 5.56 Å². The summed E-state index contributed by atoms with van der Waals surface area (Å²) >= 11 is 1.59. The third-order valence-corrected chi connectivity index (χ3v) is 6.04. The van der Waals surface area contributed by atoms with Crippen molar-refractivity contribution in [1.82, 2.24) is 4.98 Å². The van der Waals surface area contributed by atoms with Gasteiger partial charge in [-0.25, -0.2) is 0 Å². The van der Waals surface area contributed by atoms with Crippen molar-refractivity contribution in [3.05, 3.63) is 121 Å². The van der Waals surface area contributed by atoms with Crippen molar-refractivity contribution >= 4 is 43.4 Å². The van der Waals surface area contributed by atoms with E-state index in [1.54, 1.807) is 17.4 Å². The number of aryl methyl sites for hydroxylation is 1. The van der Waals surface area contributed by atoms with Gasteiger partial charge in [-0.15, -0.1) is 66.2 Å². The molecule has 0 aliphatic heterocycles. The number of fused-ring (bicyclic) bond motifs is 3. The van der Waals surface area contributed by atoms with E-state index in [0.717, 1.165) is 50.8 Å². The molecule has 4 heteroatoms. The number of rotatable bonds is 4. The van der Waals surface area contributed by atoms with Gasteiger partial charge in [0.05, 0.1) is 1.37 Å². The molecule has 2 nitrogen and oxygen atoms in total. The number of hydrogen-bond donors (Lipinski definition) is 0. The van der Waals surface area contributed by atoms with E-state index < -0.39 is 6.85 Å². The van der Waals surface area contributed by atoms with Crippen molar-refractivity contribution < 1.29 is 27.0 Å². The SMILES string of the molecule is Cc1ccc(-c2[c-]cccc2)nc1.[2H]C=C(N=CC(=C[2H])C([2H])([2H])[2H])c1[c-]ccc2c1sc1ccccc12.[Ir]. The molecular weight excluding hydrogens is 613 g/mol. The maximum Gasteiger partial charge on any atom is 0.0541 e. The molecule has 0 spiro atoms. The summed E-state index contributed by atoms with van der Waals surface area (Å²) in [6.07, 6.45) is 3.00. The van der Waals surface area contributed by atoms with Gasteiger partial charge in [-0.2, -0.15) is 11.3 Å². The molecule has 171 valence electrons. The van der Waals surface area contributed by atoms with Crippen molar-refractivity contribution in [3.63, 3.8) is 0 Å². The van der Waals surface area contributed by atoms with E-state index in [0.29, 0.717) is 11.3 Å². The maximum atomic E-state index is 7.67. The average molecular weight is 642 g/mol. The molecule has 0 aliphatic rings. The molecule has 34 heavy (non-hydrogen) atoms. The van der Waals surface area contributed by atoms with E-state index in [2.05, 4.69) is 28.2 Å². The zero-order chi connectivity index (χ0) is 27.1. The topological polar surface area (TPSA) is 25.2 Å². The molecule has 0 unspecified atom stereocenters. The van der Waals surface area contributed by atoms with Gasteiger partial charge in [0.2, 0.25) is 0 Å². The molecular formula is C30H24IrN2S-2. The Morgan fingerprint density at radius 2 is 1.91 bits per heavy atom. The zero-order valence-corrected chi connectivity index (χ0v) is 21.6. The predicted octanol–water partition coefficient (Wildman–Crippen LogP) is 8.33. The monoisotopic (exact) mass is 642 g/mol. The number of nitrogens with zero attached hydrogens (tertiary/aromatic N) is 2. The van der Waals surface area contributed by atoms with Gasteiger partial charge < -0.3 is 9.98 Å². The van der Waals surface area contributed by atoms with Crippen LogP contribution in [0.15, 0.2) is 103 Å². The Morgan fingerprint density at radius 1 is 1.03 bits per heavy atom. The van der Waals surface area contributed by atoms with Crippen molar-refractivity contribution in [2.75, 3.05) is 0 Å². The van der Waals surface area contributed by atoms with Crippen LogP contribution in [-0.4, -0.2) is 11.2 Å². The summed E-state index contributed by atoms with van der Waals surface area (Å²) in [7, 11) is 0. The second kappa shape index (κ2) is 11.8. The zero-order valence-electron chi connectivity index (χ0n) is 23.4. The van der Waals surface area contributed by atoms with E-state index in [9.17, 15) is 0 Å². The Morgan fingerprint density at radius 3 is 2.65 bits per heavy atom. The number of aromatic nitrogens is 1. The quantitative estimate of drug-likeness (QED) is 0.143. The minimum absolute atomic E-state index is 0. The summed E-state index contributed by atoms with van der Waals surface area (Å²) in [5.41, 5.74) is 3.98. The summed E-state index contributed by atoms with van der Waals surface area (Å²) in [6.45, 7) is 1.46. The van der Waals surface area contributed by atoms with Gasteiger partial charge in [0.15, 0.2) is 0 Å². The first-order valence-electron chi connectivity index (χ1n) is 12.9. The van der Waals surface area contributed by atoms with Crippen LogP contribution in [0.25, 0.3) is 37.1 Å². The molecule has 0 N–H and O–H groups in total. The minimum atomic E-state index is -2.41. The number of thiophene rings is 1. The number of hydrogen-bond acceptors (Lipinski definition) is 3. The first-order chi connectivity index (χ1) is 18.3. The van der Waals surface area contributed by atoms with Crippen LogP contribution in [-0.2, 0) is 20.1 Å². The van der Waals surface area contributed by atoms with Crippen LogP contribution in [0.3, 0.4) is 0 Å². The molecule has 5 rings (SSSR count). The number of aliphatic imine (C=N–C) groups is 1. The molecule has 0 aliphatic carbocycles. The second-order valence-electron chi connectivity index (χ2n) is 7.29. The van der Waals surface area contributed by atoms with Crippen LogP contribution in [0.4, 0.5) is 0 Å². The minimum Gasteiger partial charge on any atom is -0.305 e. The fraction of sp³-hybridized carbons (Fsp3) is 0.0667.